The van der Waals surface area contributed by atoms with E-state index in [4.69, 9.17) is 29.9 Å². The number of aryl methyl sites for hydroxylation is 1. The largest absolute Gasteiger partial charge is 0.468 e. The summed E-state index contributed by atoms with van der Waals surface area (Å²) in [6.45, 7) is 9.08. The Kier molecular flexibility index (Phi) is 9.01. The molecule has 0 saturated carbocycles. The Morgan fingerprint density at radius 2 is 1.81 bits per heavy atom. The number of carbonyl (C=O) groups excluding carboxylic acids is 2. The molecule has 0 radical (unpaired) electrons. The molecule has 2 unspecified atom stereocenters. The summed E-state index contributed by atoms with van der Waals surface area (Å²) >= 11 is 0. The third-order valence-corrected chi connectivity index (χ3v) is 8.92. The lowest BCUT2D eigenvalue weighted by molar-refractivity contribution is -0.148. The topological polar surface area (TPSA) is 123 Å². The van der Waals surface area contributed by atoms with Gasteiger partial charge in [0.15, 0.2) is 5.82 Å². The first-order chi connectivity index (χ1) is 20.5. The number of benzene rings is 1. The third-order valence-electron chi connectivity index (χ3n) is 8.92. The van der Waals surface area contributed by atoms with E-state index in [0.29, 0.717) is 56.4 Å². The number of hydrogen-bond acceptors (Lipinski definition) is 10. The number of carbonyl (C=O) groups is 2. The summed E-state index contributed by atoms with van der Waals surface area (Å²) in [5.74, 6) is 0.271. The predicted molar refractivity (Wildman–Crippen MR) is 164 cm³/mol. The molecular formula is C32H46N6O5. The first-order valence-electron chi connectivity index (χ1n) is 15.4. The van der Waals surface area contributed by atoms with E-state index >= 15 is 0 Å². The monoisotopic (exact) mass is 594 g/mol. The Labute approximate surface area is 254 Å². The number of esters is 1. The minimum atomic E-state index is -0.915. The summed E-state index contributed by atoms with van der Waals surface area (Å²) < 4.78 is 17.2. The van der Waals surface area contributed by atoms with Gasteiger partial charge in [-0.1, -0.05) is 24.3 Å². The van der Waals surface area contributed by atoms with Crippen LogP contribution < -0.4 is 15.4 Å². The molecule has 3 aliphatic rings. The van der Waals surface area contributed by atoms with E-state index in [1.54, 1.807) is 4.90 Å². The van der Waals surface area contributed by atoms with Gasteiger partial charge in [0.2, 0.25) is 0 Å². The van der Waals surface area contributed by atoms with E-state index in [2.05, 4.69) is 22.9 Å². The normalized spacial score (nSPS) is 22.7. The fourth-order valence-electron chi connectivity index (χ4n) is 6.58. The molecule has 2 fully saturated rings. The van der Waals surface area contributed by atoms with Crippen molar-refractivity contribution < 1.29 is 23.8 Å². The fraction of sp³-hybridized carbons (Fsp3) is 0.625. The van der Waals surface area contributed by atoms with Crippen LogP contribution >= 0.6 is 0 Å². The number of aromatic nitrogens is 2. The van der Waals surface area contributed by atoms with Gasteiger partial charge in [-0.2, -0.15) is 9.97 Å². The Morgan fingerprint density at radius 1 is 1.07 bits per heavy atom. The molecule has 2 N–H and O–H groups in total. The Balaban J connectivity index is 1.46. The highest BCUT2D eigenvalue weighted by Gasteiger charge is 2.45. The maximum absolute atomic E-state index is 13.6. The van der Waals surface area contributed by atoms with Crippen molar-refractivity contribution >= 4 is 23.6 Å². The lowest BCUT2D eigenvalue weighted by atomic mass is 9.67. The van der Waals surface area contributed by atoms with E-state index in [-0.39, 0.29) is 30.5 Å². The number of anilines is 2. The molecule has 1 aromatic carbocycles. The summed E-state index contributed by atoms with van der Waals surface area (Å²) in [5, 5.41) is 0. The molecule has 11 nitrogen and oxygen atoms in total. The number of likely N-dealkylation sites (tertiary alicyclic amines) is 1. The number of likely N-dealkylation sites (N-methyl/N-ethyl adjacent to an activating group) is 1. The Morgan fingerprint density at radius 3 is 2.49 bits per heavy atom. The number of fused-ring (bicyclic) bond motifs is 1. The third kappa shape index (κ3) is 6.66. The molecule has 11 heteroatoms. The van der Waals surface area contributed by atoms with Crippen LogP contribution in [0.2, 0.25) is 0 Å². The zero-order valence-corrected chi connectivity index (χ0v) is 26.2. The van der Waals surface area contributed by atoms with Crippen LogP contribution in [0.1, 0.15) is 63.3 Å². The van der Waals surface area contributed by atoms with Crippen LogP contribution in [0, 0.1) is 0 Å². The molecule has 234 valence electrons. The van der Waals surface area contributed by atoms with Crippen LogP contribution in [-0.4, -0.2) is 97.0 Å². The van der Waals surface area contributed by atoms with Gasteiger partial charge in [0.05, 0.1) is 23.9 Å². The van der Waals surface area contributed by atoms with E-state index in [1.807, 2.05) is 39.0 Å². The maximum atomic E-state index is 13.6. The maximum Gasteiger partial charge on any atom is 0.410 e. The molecular weight excluding hydrogens is 548 g/mol. The molecule has 5 rings (SSSR count). The highest BCUT2D eigenvalue weighted by Crippen LogP contribution is 2.43. The van der Waals surface area contributed by atoms with Gasteiger partial charge in [0.1, 0.15) is 12.2 Å². The summed E-state index contributed by atoms with van der Waals surface area (Å²) in [4.78, 5) is 41.9. The number of rotatable bonds is 7. The van der Waals surface area contributed by atoms with Gasteiger partial charge in [-0.15, -0.1) is 0 Å². The van der Waals surface area contributed by atoms with Gasteiger partial charge < -0.3 is 34.6 Å². The summed E-state index contributed by atoms with van der Waals surface area (Å²) in [7, 11) is 3.54. The second-order valence-electron chi connectivity index (χ2n) is 13.0. The molecule has 3 heterocycles. The second kappa shape index (κ2) is 12.6. The van der Waals surface area contributed by atoms with Crippen LogP contribution in [0.4, 0.5) is 16.3 Å². The Hall–Kier alpha value is -3.60. The van der Waals surface area contributed by atoms with Gasteiger partial charge in [-0.25, -0.2) is 4.79 Å². The highest BCUT2D eigenvalue weighted by atomic mass is 16.6. The zero-order chi connectivity index (χ0) is 30.8. The quantitative estimate of drug-likeness (QED) is 0.476. The number of piperazine rings is 1. The molecule has 2 aromatic rings. The number of ether oxygens (including phenoxy) is 3. The van der Waals surface area contributed by atoms with Crippen molar-refractivity contribution in [1.29, 1.82) is 0 Å². The van der Waals surface area contributed by atoms with Crippen molar-refractivity contribution in [3.05, 3.63) is 41.1 Å². The molecule has 1 aliphatic carbocycles. The summed E-state index contributed by atoms with van der Waals surface area (Å²) in [6, 6.07) is 8.61. The summed E-state index contributed by atoms with van der Waals surface area (Å²) in [5.41, 5.74) is 8.47. The number of nitrogens with two attached hydrogens (primary N) is 1. The second-order valence-corrected chi connectivity index (χ2v) is 13.0. The molecule has 2 saturated heterocycles. The van der Waals surface area contributed by atoms with Crippen LogP contribution in [0.3, 0.4) is 0 Å². The number of nitrogens with zero attached hydrogens (tertiary/aromatic N) is 5. The predicted octanol–water partition coefficient (Wildman–Crippen LogP) is 3.58. The van der Waals surface area contributed by atoms with E-state index < -0.39 is 11.0 Å². The van der Waals surface area contributed by atoms with Gasteiger partial charge >= 0.3 is 18.1 Å². The molecule has 0 bridgehead atoms. The average molecular weight is 595 g/mol. The number of hydrogen-bond donors (Lipinski definition) is 1. The van der Waals surface area contributed by atoms with Gasteiger partial charge in [-0.3, -0.25) is 4.79 Å². The van der Waals surface area contributed by atoms with Crippen LogP contribution in [0.5, 0.6) is 6.01 Å². The summed E-state index contributed by atoms with van der Waals surface area (Å²) in [6.07, 6.45) is 4.53. The first-order valence-corrected chi connectivity index (χ1v) is 15.4. The fourth-order valence-corrected chi connectivity index (χ4v) is 6.58. The van der Waals surface area contributed by atoms with Crippen molar-refractivity contribution in [2.45, 2.75) is 76.4 Å². The number of methoxy groups -OCH3 is 1. The first kappa shape index (κ1) is 30.8. The van der Waals surface area contributed by atoms with E-state index in [0.717, 1.165) is 43.4 Å². The molecule has 0 spiro atoms. The number of amides is 1. The minimum absolute atomic E-state index is 0.248. The minimum Gasteiger partial charge on any atom is -0.468 e. The van der Waals surface area contributed by atoms with Crippen molar-refractivity contribution in [3.8, 4) is 6.01 Å². The molecule has 1 aromatic heterocycles. The van der Waals surface area contributed by atoms with Gasteiger partial charge in [0, 0.05) is 38.6 Å². The molecule has 1 amide bonds. The van der Waals surface area contributed by atoms with Crippen molar-refractivity contribution in [2.75, 3.05) is 64.1 Å². The van der Waals surface area contributed by atoms with Crippen LogP contribution in [0.25, 0.3) is 0 Å². The molecule has 2 atom stereocenters. The highest BCUT2D eigenvalue weighted by molar-refractivity contribution is 5.85. The van der Waals surface area contributed by atoms with Crippen LogP contribution in [-0.2, 0) is 32.5 Å². The zero-order valence-electron chi connectivity index (χ0n) is 26.2. The Bertz CT molecular complexity index is 1320. The smallest absolute Gasteiger partial charge is 0.410 e. The SMILES string of the molecule is COC(=O)C1(Cc2nc(OCC3CCCN3C)nc(N3CCN(C(=O)OC(C)(C)C)CC3)c2N)CCCc2ccccc21. The van der Waals surface area contributed by atoms with Gasteiger partial charge in [-0.05, 0) is 77.6 Å². The molecule has 2 aliphatic heterocycles. The van der Waals surface area contributed by atoms with Crippen molar-refractivity contribution in [2.24, 2.45) is 0 Å². The standard InChI is InChI=1S/C32H46N6O5/c1-31(2,3)43-30(40)38-18-16-37(17-19-38)27-26(33)25(34-29(35-27)42-21-23-12-9-15-36(23)4)20-32(28(39)41-5)14-8-11-22-10-6-7-13-24(22)32/h6-7,10,13,23H,8-9,11-12,14-21,33H2,1-5H3. The number of nitrogen functional groups attached to an aromatic ring is 1. The lowest BCUT2D eigenvalue weighted by Gasteiger charge is -2.38. The van der Waals surface area contributed by atoms with Gasteiger partial charge in [0.25, 0.3) is 0 Å². The van der Waals surface area contributed by atoms with E-state index in [1.165, 1.54) is 7.11 Å². The lowest BCUT2D eigenvalue weighted by Crippen LogP contribution is -2.50. The van der Waals surface area contributed by atoms with Crippen molar-refractivity contribution in [3.63, 3.8) is 0 Å². The average Bonchev–Trinajstić information content (AvgIpc) is 3.40. The molecule has 43 heavy (non-hydrogen) atoms. The van der Waals surface area contributed by atoms with Crippen molar-refractivity contribution in [1.82, 2.24) is 19.8 Å². The van der Waals surface area contributed by atoms with E-state index in [9.17, 15) is 9.59 Å². The van der Waals surface area contributed by atoms with Crippen LogP contribution in [0.15, 0.2) is 24.3 Å².